The highest BCUT2D eigenvalue weighted by Gasteiger charge is 2.28. The van der Waals surface area contributed by atoms with Crippen molar-refractivity contribution in [3.8, 4) is 0 Å². The summed E-state index contributed by atoms with van der Waals surface area (Å²) in [6.07, 6.45) is 2.31. The summed E-state index contributed by atoms with van der Waals surface area (Å²) < 4.78 is 0. The molecular weight excluding hydrogens is 244 g/mol. The molecule has 2 saturated heterocycles. The quantitative estimate of drug-likeness (QED) is 0.680. The SMILES string of the molecule is CN1CCC(CN(C)C(=O)C2CNC(=O)CN2)CC1. The maximum atomic E-state index is 12.2. The lowest BCUT2D eigenvalue weighted by molar-refractivity contribution is -0.134. The van der Waals surface area contributed by atoms with Crippen LogP contribution in [0, 0.1) is 5.92 Å². The summed E-state index contributed by atoms with van der Waals surface area (Å²) in [6, 6.07) is -0.269. The molecule has 2 N–H and O–H groups in total. The Labute approximate surface area is 114 Å². The molecule has 19 heavy (non-hydrogen) atoms. The minimum atomic E-state index is -0.269. The van der Waals surface area contributed by atoms with Crippen molar-refractivity contribution in [2.75, 3.05) is 46.8 Å². The van der Waals surface area contributed by atoms with Crippen LogP contribution in [0.15, 0.2) is 0 Å². The molecular formula is C13H24N4O2. The van der Waals surface area contributed by atoms with E-state index in [0.717, 1.165) is 32.5 Å². The molecule has 2 aliphatic rings. The van der Waals surface area contributed by atoms with Crippen molar-refractivity contribution in [2.24, 2.45) is 5.92 Å². The molecule has 2 heterocycles. The van der Waals surface area contributed by atoms with E-state index < -0.39 is 0 Å². The number of likely N-dealkylation sites (N-methyl/N-ethyl adjacent to an activating group) is 1. The molecule has 2 amide bonds. The Bertz CT molecular complexity index is 330. The molecule has 108 valence electrons. The number of hydrogen-bond donors (Lipinski definition) is 2. The van der Waals surface area contributed by atoms with Crippen LogP contribution in [0.1, 0.15) is 12.8 Å². The van der Waals surface area contributed by atoms with Crippen molar-refractivity contribution in [1.29, 1.82) is 0 Å². The molecule has 2 fully saturated rings. The van der Waals surface area contributed by atoms with Gasteiger partial charge in [-0.25, -0.2) is 0 Å². The smallest absolute Gasteiger partial charge is 0.241 e. The molecule has 6 heteroatoms. The van der Waals surface area contributed by atoms with Crippen LogP contribution < -0.4 is 10.6 Å². The van der Waals surface area contributed by atoms with Crippen LogP contribution in [0.4, 0.5) is 0 Å². The van der Waals surface area contributed by atoms with Gasteiger partial charge in [0.2, 0.25) is 11.8 Å². The highest BCUT2D eigenvalue weighted by atomic mass is 16.2. The van der Waals surface area contributed by atoms with Crippen LogP contribution in [-0.2, 0) is 9.59 Å². The first-order valence-corrected chi connectivity index (χ1v) is 7.00. The summed E-state index contributed by atoms with van der Waals surface area (Å²) in [6.45, 7) is 3.68. The van der Waals surface area contributed by atoms with Crippen LogP contribution in [-0.4, -0.2) is 74.5 Å². The number of nitrogens with zero attached hydrogens (tertiary/aromatic N) is 2. The van der Waals surface area contributed by atoms with E-state index in [1.807, 2.05) is 11.9 Å². The van der Waals surface area contributed by atoms with E-state index in [1.165, 1.54) is 0 Å². The predicted octanol–water partition coefficient (Wildman–Crippen LogP) is -1.13. The Morgan fingerprint density at radius 3 is 2.68 bits per heavy atom. The van der Waals surface area contributed by atoms with Crippen LogP contribution >= 0.6 is 0 Å². The first-order valence-electron chi connectivity index (χ1n) is 7.00. The van der Waals surface area contributed by atoms with E-state index in [4.69, 9.17) is 0 Å². The maximum Gasteiger partial charge on any atom is 0.241 e. The standard InChI is InChI=1S/C13H24N4O2/c1-16-5-3-10(4-6-16)9-17(2)13(19)11-7-15-12(18)8-14-11/h10-11,14H,3-9H2,1-2H3,(H,15,18). The van der Waals surface area contributed by atoms with Gasteiger partial charge < -0.3 is 15.1 Å². The minimum Gasteiger partial charge on any atom is -0.353 e. The molecule has 0 spiro atoms. The highest BCUT2D eigenvalue weighted by Crippen LogP contribution is 2.17. The van der Waals surface area contributed by atoms with Gasteiger partial charge in [0.05, 0.1) is 6.54 Å². The molecule has 0 aromatic heterocycles. The fraction of sp³-hybridized carbons (Fsp3) is 0.846. The fourth-order valence-corrected chi connectivity index (χ4v) is 2.73. The number of rotatable bonds is 3. The second kappa shape index (κ2) is 6.34. The number of amides is 2. The second-order valence-electron chi connectivity index (χ2n) is 5.70. The molecule has 1 atom stereocenters. The predicted molar refractivity (Wildman–Crippen MR) is 72.7 cm³/mol. The van der Waals surface area contributed by atoms with E-state index in [-0.39, 0.29) is 24.4 Å². The Hall–Kier alpha value is -1.14. The minimum absolute atomic E-state index is 0.0398. The third-order valence-electron chi connectivity index (χ3n) is 4.06. The monoisotopic (exact) mass is 268 g/mol. The summed E-state index contributed by atoms with van der Waals surface area (Å²) in [5.41, 5.74) is 0. The second-order valence-corrected chi connectivity index (χ2v) is 5.70. The zero-order valence-electron chi connectivity index (χ0n) is 11.8. The van der Waals surface area contributed by atoms with Crippen molar-refractivity contribution in [2.45, 2.75) is 18.9 Å². The van der Waals surface area contributed by atoms with Gasteiger partial charge in [-0.1, -0.05) is 0 Å². The van der Waals surface area contributed by atoms with Crippen molar-refractivity contribution >= 4 is 11.8 Å². The van der Waals surface area contributed by atoms with Crippen molar-refractivity contribution in [1.82, 2.24) is 20.4 Å². The maximum absolute atomic E-state index is 12.2. The highest BCUT2D eigenvalue weighted by molar-refractivity contribution is 5.86. The third kappa shape index (κ3) is 3.91. The first kappa shape index (κ1) is 14.3. The van der Waals surface area contributed by atoms with Gasteiger partial charge in [-0.15, -0.1) is 0 Å². The Morgan fingerprint density at radius 1 is 1.42 bits per heavy atom. The number of nitrogens with one attached hydrogen (secondary N) is 2. The average molecular weight is 268 g/mol. The molecule has 0 aromatic carbocycles. The topological polar surface area (TPSA) is 64.7 Å². The van der Waals surface area contributed by atoms with E-state index in [1.54, 1.807) is 0 Å². The van der Waals surface area contributed by atoms with Gasteiger partial charge in [-0.3, -0.25) is 14.9 Å². The Balaban J connectivity index is 1.77. The summed E-state index contributed by atoms with van der Waals surface area (Å²) in [7, 11) is 4.00. The average Bonchev–Trinajstić information content (AvgIpc) is 2.41. The summed E-state index contributed by atoms with van der Waals surface area (Å²) >= 11 is 0. The van der Waals surface area contributed by atoms with Gasteiger partial charge in [0.15, 0.2) is 0 Å². The molecule has 1 unspecified atom stereocenters. The third-order valence-corrected chi connectivity index (χ3v) is 4.06. The van der Waals surface area contributed by atoms with Crippen LogP contribution in [0.5, 0.6) is 0 Å². The lowest BCUT2D eigenvalue weighted by Gasteiger charge is -2.33. The molecule has 0 radical (unpaired) electrons. The van der Waals surface area contributed by atoms with Gasteiger partial charge >= 0.3 is 0 Å². The molecule has 2 aliphatic heterocycles. The summed E-state index contributed by atoms with van der Waals surface area (Å²) in [5, 5.41) is 5.70. The summed E-state index contributed by atoms with van der Waals surface area (Å²) in [4.78, 5) is 27.4. The van der Waals surface area contributed by atoms with Gasteiger partial charge in [0, 0.05) is 20.1 Å². The first-order chi connectivity index (χ1) is 9.06. The van der Waals surface area contributed by atoms with Gasteiger partial charge in [0.1, 0.15) is 6.04 Å². The lowest BCUT2D eigenvalue weighted by atomic mass is 9.96. The molecule has 2 rings (SSSR count). The molecule has 0 aromatic rings. The largest absolute Gasteiger partial charge is 0.353 e. The Morgan fingerprint density at radius 2 is 2.11 bits per heavy atom. The molecule has 0 saturated carbocycles. The van der Waals surface area contributed by atoms with Gasteiger partial charge in [-0.05, 0) is 38.9 Å². The zero-order chi connectivity index (χ0) is 13.8. The normalized spacial score (nSPS) is 26.0. The van der Waals surface area contributed by atoms with Gasteiger partial charge in [0.25, 0.3) is 0 Å². The zero-order valence-corrected chi connectivity index (χ0v) is 11.8. The molecule has 0 aliphatic carbocycles. The number of piperidine rings is 1. The van der Waals surface area contributed by atoms with Crippen molar-refractivity contribution in [3.05, 3.63) is 0 Å². The Kier molecular flexibility index (Phi) is 4.76. The van der Waals surface area contributed by atoms with Crippen molar-refractivity contribution in [3.63, 3.8) is 0 Å². The number of carbonyl (C=O) groups excluding carboxylic acids is 2. The lowest BCUT2D eigenvalue weighted by Crippen LogP contribution is -2.58. The van der Waals surface area contributed by atoms with E-state index in [0.29, 0.717) is 12.5 Å². The van der Waals surface area contributed by atoms with E-state index in [9.17, 15) is 9.59 Å². The van der Waals surface area contributed by atoms with Crippen LogP contribution in [0.3, 0.4) is 0 Å². The van der Waals surface area contributed by atoms with Gasteiger partial charge in [-0.2, -0.15) is 0 Å². The number of hydrogen-bond acceptors (Lipinski definition) is 4. The molecule has 6 nitrogen and oxygen atoms in total. The fourth-order valence-electron chi connectivity index (χ4n) is 2.73. The van der Waals surface area contributed by atoms with Crippen LogP contribution in [0.2, 0.25) is 0 Å². The number of carbonyl (C=O) groups is 2. The van der Waals surface area contributed by atoms with E-state index >= 15 is 0 Å². The van der Waals surface area contributed by atoms with Crippen molar-refractivity contribution < 1.29 is 9.59 Å². The molecule has 0 bridgehead atoms. The van der Waals surface area contributed by atoms with E-state index in [2.05, 4.69) is 22.6 Å². The summed E-state index contributed by atoms with van der Waals surface area (Å²) in [5.74, 6) is 0.643. The number of likely N-dealkylation sites (tertiary alicyclic amines) is 1. The number of piperazine rings is 1. The van der Waals surface area contributed by atoms with Crippen LogP contribution in [0.25, 0.3) is 0 Å².